The summed E-state index contributed by atoms with van der Waals surface area (Å²) < 4.78 is 32.9. The third-order valence-corrected chi connectivity index (χ3v) is 8.16. The number of methoxy groups -OCH3 is 1. The number of rotatable bonds is 8. The summed E-state index contributed by atoms with van der Waals surface area (Å²) in [6.07, 6.45) is 4.19. The summed E-state index contributed by atoms with van der Waals surface area (Å²) in [5.74, 6) is -0.664. The number of ether oxygens (including phenoxy) is 1. The van der Waals surface area contributed by atoms with Crippen LogP contribution in [0, 0.1) is 5.41 Å². The number of aromatic nitrogens is 2. The minimum Gasteiger partial charge on any atom is -0.493 e. The van der Waals surface area contributed by atoms with E-state index in [1.165, 1.54) is 20.0 Å². The van der Waals surface area contributed by atoms with Crippen LogP contribution in [-0.4, -0.2) is 72.3 Å². The van der Waals surface area contributed by atoms with Crippen molar-refractivity contribution in [2.45, 2.75) is 63.8 Å². The van der Waals surface area contributed by atoms with Crippen molar-refractivity contribution >= 4 is 29.2 Å². The molecule has 2 aromatic heterocycles. The molecule has 0 unspecified atom stereocenters. The molecule has 39 heavy (non-hydrogen) atoms. The molecule has 0 bridgehead atoms. The van der Waals surface area contributed by atoms with Gasteiger partial charge >= 0.3 is 0 Å². The molecule has 0 atom stereocenters. The molecule has 0 aromatic carbocycles. The summed E-state index contributed by atoms with van der Waals surface area (Å²) in [6, 6.07) is 6.81. The Balaban J connectivity index is 1.39. The van der Waals surface area contributed by atoms with Crippen LogP contribution in [0.25, 0.3) is 0 Å². The van der Waals surface area contributed by atoms with Crippen LogP contribution in [0.4, 0.5) is 32.1 Å². The van der Waals surface area contributed by atoms with Gasteiger partial charge in [0.2, 0.25) is 0 Å². The highest BCUT2D eigenvalue weighted by atomic mass is 19.3. The Labute approximate surface area is 227 Å². The normalized spacial score (nSPS) is 20.1. The third-order valence-electron chi connectivity index (χ3n) is 8.16. The minimum atomic E-state index is -2.68. The molecule has 3 fully saturated rings. The summed E-state index contributed by atoms with van der Waals surface area (Å²) in [5, 5.41) is 15.8. The van der Waals surface area contributed by atoms with Crippen LogP contribution >= 0.6 is 0 Å². The average Bonchev–Trinajstić information content (AvgIpc) is 3.67. The van der Waals surface area contributed by atoms with Crippen molar-refractivity contribution in [1.29, 1.82) is 0 Å². The monoisotopic (exact) mass is 544 g/mol. The Hall–Kier alpha value is -3.21. The lowest BCUT2D eigenvalue weighted by atomic mass is 9.93. The number of nitrogens with one attached hydrogen (secondary N) is 2. The largest absolute Gasteiger partial charge is 0.493 e. The van der Waals surface area contributed by atoms with Crippen LogP contribution in [0.15, 0.2) is 24.3 Å². The molecule has 2 saturated heterocycles. The average molecular weight is 545 g/mol. The van der Waals surface area contributed by atoms with Gasteiger partial charge in [0, 0.05) is 39.0 Å². The molecule has 3 N–H and O–H groups in total. The van der Waals surface area contributed by atoms with Crippen LogP contribution in [0.1, 0.15) is 62.7 Å². The molecular formula is C28H38F2N6O3. The maximum Gasteiger partial charge on any atom is 0.260 e. The van der Waals surface area contributed by atoms with Crippen molar-refractivity contribution in [1.82, 2.24) is 9.97 Å². The Kier molecular flexibility index (Phi) is 7.30. The van der Waals surface area contributed by atoms with Crippen molar-refractivity contribution in [2.75, 3.05) is 60.3 Å². The van der Waals surface area contributed by atoms with Crippen molar-refractivity contribution in [2.24, 2.45) is 5.41 Å². The molecule has 1 amide bonds. The lowest BCUT2D eigenvalue weighted by Crippen LogP contribution is -2.40. The van der Waals surface area contributed by atoms with E-state index < -0.39 is 11.5 Å². The number of halogens is 2. The lowest BCUT2D eigenvalue weighted by Gasteiger charge is -2.34. The number of alkyl halides is 2. The predicted molar refractivity (Wildman–Crippen MR) is 147 cm³/mol. The van der Waals surface area contributed by atoms with E-state index in [4.69, 9.17) is 9.72 Å². The first-order valence-electron chi connectivity index (χ1n) is 13.7. The molecule has 1 spiro atoms. The molecule has 2 aliphatic heterocycles. The number of anilines is 4. The number of hydrogen-bond donors (Lipinski definition) is 3. The Morgan fingerprint density at radius 2 is 1.54 bits per heavy atom. The highest BCUT2D eigenvalue weighted by Crippen LogP contribution is 2.54. The number of nitrogens with zero attached hydrogens (tertiary/aromatic N) is 4. The number of pyridine rings is 2. The van der Waals surface area contributed by atoms with Gasteiger partial charge in [-0.1, -0.05) is 0 Å². The van der Waals surface area contributed by atoms with Gasteiger partial charge in [-0.25, -0.2) is 18.7 Å². The van der Waals surface area contributed by atoms with Crippen molar-refractivity contribution in [3.05, 3.63) is 29.8 Å². The van der Waals surface area contributed by atoms with Gasteiger partial charge in [-0.05, 0) is 69.2 Å². The topological polar surface area (TPSA) is 103 Å². The lowest BCUT2D eigenvalue weighted by molar-refractivity contribution is -0.0222. The van der Waals surface area contributed by atoms with Gasteiger partial charge in [0.1, 0.15) is 17.5 Å². The third kappa shape index (κ3) is 6.18. The van der Waals surface area contributed by atoms with E-state index in [1.807, 2.05) is 13.8 Å². The number of piperidine rings is 2. The molecule has 212 valence electrons. The molecule has 4 heterocycles. The van der Waals surface area contributed by atoms with E-state index in [9.17, 15) is 18.7 Å². The summed E-state index contributed by atoms with van der Waals surface area (Å²) >= 11 is 0. The fourth-order valence-electron chi connectivity index (χ4n) is 5.31. The van der Waals surface area contributed by atoms with Gasteiger partial charge in [0.05, 0.1) is 24.8 Å². The standard InChI is InChI=1S/C28H38F2N6O3/c1-26(2,18-37)34-22-6-4-19(23(32-22)35-14-10-27(8-9-27)11-15-35)25(38)33-21-7-5-20(39-3)24(31-21)36-16-12-28(29,30)13-17-36/h4-7,37H,8-18H2,1-3H3,(H,32,34)(H,31,33,38). The molecular weight excluding hydrogens is 506 g/mol. The van der Waals surface area contributed by atoms with E-state index in [0.29, 0.717) is 40.0 Å². The minimum absolute atomic E-state index is 0.0708. The Morgan fingerprint density at radius 3 is 2.15 bits per heavy atom. The van der Waals surface area contributed by atoms with Crippen LogP contribution < -0.4 is 25.2 Å². The summed E-state index contributed by atoms with van der Waals surface area (Å²) in [4.78, 5) is 26.9. The van der Waals surface area contributed by atoms with E-state index in [2.05, 4.69) is 20.5 Å². The summed E-state index contributed by atoms with van der Waals surface area (Å²) in [5.41, 5.74) is 0.316. The second-order valence-electron chi connectivity index (χ2n) is 11.7. The van der Waals surface area contributed by atoms with Crippen LogP contribution in [0.3, 0.4) is 0 Å². The second-order valence-corrected chi connectivity index (χ2v) is 11.7. The molecule has 2 aromatic rings. The Bertz CT molecular complexity index is 1200. The molecule has 5 rings (SSSR count). The number of amides is 1. The maximum absolute atomic E-state index is 13.7. The molecule has 1 saturated carbocycles. The van der Waals surface area contributed by atoms with E-state index >= 15 is 0 Å². The van der Waals surface area contributed by atoms with E-state index in [-0.39, 0.29) is 38.4 Å². The highest BCUT2D eigenvalue weighted by Gasteiger charge is 2.45. The van der Waals surface area contributed by atoms with Crippen LogP contribution in [0.5, 0.6) is 5.75 Å². The zero-order valence-electron chi connectivity index (χ0n) is 22.9. The van der Waals surface area contributed by atoms with Crippen molar-refractivity contribution in [3.8, 4) is 5.75 Å². The molecule has 9 nitrogen and oxygen atoms in total. The first-order chi connectivity index (χ1) is 18.5. The zero-order valence-corrected chi connectivity index (χ0v) is 22.9. The number of aliphatic hydroxyl groups is 1. The smallest absolute Gasteiger partial charge is 0.260 e. The van der Waals surface area contributed by atoms with Crippen molar-refractivity contribution < 1.29 is 23.4 Å². The van der Waals surface area contributed by atoms with Crippen LogP contribution in [-0.2, 0) is 0 Å². The predicted octanol–water partition coefficient (Wildman–Crippen LogP) is 4.54. The highest BCUT2D eigenvalue weighted by molar-refractivity contribution is 6.07. The van der Waals surface area contributed by atoms with E-state index in [0.717, 1.165) is 25.9 Å². The first kappa shape index (κ1) is 27.4. The quantitative estimate of drug-likeness (QED) is 0.445. The number of hydrogen-bond acceptors (Lipinski definition) is 8. The summed E-state index contributed by atoms with van der Waals surface area (Å²) in [6.45, 7) is 5.63. The molecule has 1 aliphatic carbocycles. The maximum atomic E-state index is 13.7. The Morgan fingerprint density at radius 1 is 0.949 bits per heavy atom. The number of aliphatic hydroxyl groups excluding tert-OH is 1. The summed E-state index contributed by atoms with van der Waals surface area (Å²) in [7, 11) is 1.51. The number of carbonyl (C=O) groups is 1. The van der Waals surface area contributed by atoms with Gasteiger partial charge in [-0.3, -0.25) is 4.79 Å². The van der Waals surface area contributed by atoms with Gasteiger partial charge in [-0.2, -0.15) is 0 Å². The fourth-order valence-corrected chi connectivity index (χ4v) is 5.31. The molecule has 11 heteroatoms. The fraction of sp³-hybridized carbons (Fsp3) is 0.607. The SMILES string of the molecule is COc1ccc(NC(=O)c2ccc(NC(C)(C)CO)nc2N2CCC3(CC2)CC3)nc1N1CCC(F)(F)CC1. The first-order valence-corrected chi connectivity index (χ1v) is 13.7. The number of carbonyl (C=O) groups excluding carboxylic acids is 1. The second kappa shape index (κ2) is 10.4. The zero-order chi connectivity index (χ0) is 27.8. The molecule has 3 aliphatic rings. The van der Waals surface area contributed by atoms with Gasteiger partial charge in [0.15, 0.2) is 11.6 Å². The molecule has 0 radical (unpaired) electrons. The van der Waals surface area contributed by atoms with Gasteiger partial charge in [-0.15, -0.1) is 0 Å². The van der Waals surface area contributed by atoms with E-state index in [1.54, 1.807) is 29.2 Å². The van der Waals surface area contributed by atoms with Crippen LogP contribution in [0.2, 0.25) is 0 Å². The van der Waals surface area contributed by atoms with Crippen molar-refractivity contribution in [3.63, 3.8) is 0 Å². The van der Waals surface area contributed by atoms with Gasteiger partial charge < -0.3 is 30.3 Å². The van der Waals surface area contributed by atoms with Gasteiger partial charge in [0.25, 0.3) is 11.8 Å².